The number of ether oxygens (including phenoxy) is 1. The van der Waals surface area contributed by atoms with Crippen molar-refractivity contribution in [3.63, 3.8) is 0 Å². The van der Waals surface area contributed by atoms with Crippen LogP contribution in [-0.2, 0) is 14.8 Å². The maximum atomic E-state index is 12.5. The van der Waals surface area contributed by atoms with Crippen LogP contribution in [0.5, 0.6) is 5.75 Å². The van der Waals surface area contributed by atoms with Crippen LogP contribution >= 0.6 is 11.6 Å². The Hall–Kier alpha value is -1.45. The van der Waals surface area contributed by atoms with Crippen molar-refractivity contribution in [3.8, 4) is 5.75 Å². The van der Waals surface area contributed by atoms with Crippen molar-refractivity contribution in [1.29, 1.82) is 0 Å². The van der Waals surface area contributed by atoms with Crippen molar-refractivity contribution in [2.75, 3.05) is 13.1 Å². The quantitative estimate of drug-likeness (QED) is 0.772. The molecule has 22 heavy (non-hydrogen) atoms. The fraction of sp³-hybridized carbons (Fsp3) is 0.417. The van der Waals surface area contributed by atoms with Crippen LogP contribution in [0.4, 0.5) is 8.78 Å². The highest BCUT2D eigenvalue weighted by Gasteiger charge is 2.30. The van der Waals surface area contributed by atoms with E-state index in [0.29, 0.717) is 10.7 Å². The summed E-state index contributed by atoms with van der Waals surface area (Å²) in [4.78, 5) is 10.2. The summed E-state index contributed by atoms with van der Waals surface area (Å²) in [6, 6.07) is 3.13. The van der Waals surface area contributed by atoms with E-state index in [1.807, 2.05) is 0 Å². The lowest BCUT2D eigenvalue weighted by Crippen LogP contribution is -2.36. The van der Waals surface area contributed by atoms with Gasteiger partial charge in [-0.05, 0) is 24.6 Å². The van der Waals surface area contributed by atoms with Gasteiger partial charge in [0.15, 0.2) is 0 Å². The van der Waals surface area contributed by atoms with Crippen LogP contribution in [0.1, 0.15) is 13.3 Å². The molecule has 0 heterocycles. The second-order valence-electron chi connectivity index (χ2n) is 4.20. The van der Waals surface area contributed by atoms with Gasteiger partial charge in [0, 0.05) is 11.6 Å². The van der Waals surface area contributed by atoms with Gasteiger partial charge in [-0.3, -0.25) is 4.79 Å². The summed E-state index contributed by atoms with van der Waals surface area (Å²) >= 11 is 5.70. The molecule has 0 amide bonds. The highest BCUT2D eigenvalue weighted by molar-refractivity contribution is 7.89. The van der Waals surface area contributed by atoms with E-state index in [0.717, 1.165) is 12.1 Å². The molecule has 0 unspecified atom stereocenters. The summed E-state index contributed by atoms with van der Waals surface area (Å²) in [6.45, 7) is -2.46. The molecule has 0 spiro atoms. The molecule has 0 saturated carbocycles. The summed E-state index contributed by atoms with van der Waals surface area (Å²) in [6.07, 6.45) is 0.345. The van der Waals surface area contributed by atoms with Crippen LogP contribution in [0.2, 0.25) is 5.02 Å². The van der Waals surface area contributed by atoms with E-state index in [1.54, 1.807) is 6.92 Å². The summed E-state index contributed by atoms with van der Waals surface area (Å²) < 4.78 is 54.6. The summed E-state index contributed by atoms with van der Waals surface area (Å²) in [7, 11) is -4.35. The third-order valence-electron chi connectivity index (χ3n) is 2.52. The second kappa shape index (κ2) is 7.70. The van der Waals surface area contributed by atoms with Crippen LogP contribution in [-0.4, -0.2) is 43.5 Å². The molecule has 0 aliphatic heterocycles. The van der Waals surface area contributed by atoms with Gasteiger partial charge in [-0.2, -0.15) is 13.1 Å². The lowest BCUT2D eigenvalue weighted by molar-refractivity contribution is -0.137. The Morgan fingerprint density at radius 3 is 2.59 bits per heavy atom. The number of carboxylic acids is 1. The van der Waals surface area contributed by atoms with Gasteiger partial charge in [0.2, 0.25) is 10.0 Å². The van der Waals surface area contributed by atoms with Crippen LogP contribution < -0.4 is 4.74 Å². The Balaban J connectivity index is 3.35. The van der Waals surface area contributed by atoms with Gasteiger partial charge in [0.05, 0.1) is 0 Å². The predicted octanol–water partition coefficient (Wildman–Crippen LogP) is 2.43. The van der Waals surface area contributed by atoms with Gasteiger partial charge in [0.1, 0.15) is 17.2 Å². The number of alkyl halides is 2. The Kier molecular flexibility index (Phi) is 6.51. The van der Waals surface area contributed by atoms with Crippen LogP contribution in [0, 0.1) is 0 Å². The van der Waals surface area contributed by atoms with Crippen molar-refractivity contribution in [2.45, 2.75) is 24.9 Å². The minimum Gasteiger partial charge on any atom is -0.480 e. The molecule has 0 atom stereocenters. The topological polar surface area (TPSA) is 83.9 Å². The van der Waals surface area contributed by atoms with E-state index in [9.17, 15) is 22.0 Å². The molecule has 0 aliphatic carbocycles. The molecule has 0 aliphatic rings. The first kappa shape index (κ1) is 18.6. The van der Waals surface area contributed by atoms with Crippen LogP contribution in [0.15, 0.2) is 23.1 Å². The van der Waals surface area contributed by atoms with E-state index >= 15 is 0 Å². The van der Waals surface area contributed by atoms with E-state index in [2.05, 4.69) is 4.74 Å². The molecule has 1 aromatic carbocycles. The van der Waals surface area contributed by atoms with Crippen molar-refractivity contribution >= 4 is 27.6 Å². The number of aliphatic carboxylic acids is 1. The molecule has 0 fully saturated rings. The number of sulfonamides is 1. The Morgan fingerprint density at radius 1 is 1.45 bits per heavy atom. The first-order chi connectivity index (χ1) is 10.2. The van der Waals surface area contributed by atoms with Crippen molar-refractivity contribution in [3.05, 3.63) is 23.2 Å². The fourth-order valence-corrected chi connectivity index (χ4v) is 3.56. The zero-order chi connectivity index (χ0) is 16.9. The fourth-order valence-electron chi connectivity index (χ4n) is 1.70. The van der Waals surface area contributed by atoms with Gasteiger partial charge >= 0.3 is 12.6 Å². The molecular weight excluding hydrogens is 344 g/mol. The van der Waals surface area contributed by atoms with Crippen molar-refractivity contribution in [1.82, 2.24) is 4.31 Å². The monoisotopic (exact) mass is 357 g/mol. The van der Waals surface area contributed by atoms with E-state index < -0.39 is 39.8 Å². The van der Waals surface area contributed by atoms with Crippen LogP contribution in [0.3, 0.4) is 0 Å². The third-order valence-corrected chi connectivity index (χ3v) is 4.63. The number of rotatable bonds is 8. The standard InChI is InChI=1S/C12H14ClF2NO5S/c1-2-5-16(7-11(17)18)22(19,20)10-6-8(13)3-4-9(10)21-12(14)15/h3-4,6,12H,2,5,7H2,1H3,(H,17,18). The second-order valence-corrected chi connectivity index (χ2v) is 6.54. The first-order valence-corrected chi connectivity index (χ1v) is 7.96. The molecule has 124 valence electrons. The number of nitrogens with zero attached hydrogens (tertiary/aromatic N) is 1. The smallest absolute Gasteiger partial charge is 0.387 e. The normalized spacial score (nSPS) is 11.9. The molecule has 6 nitrogen and oxygen atoms in total. The summed E-state index contributed by atoms with van der Waals surface area (Å²) in [5.41, 5.74) is 0. The predicted molar refractivity (Wildman–Crippen MR) is 74.8 cm³/mol. The largest absolute Gasteiger partial charge is 0.480 e. The molecule has 10 heteroatoms. The zero-order valence-corrected chi connectivity index (χ0v) is 13.1. The lowest BCUT2D eigenvalue weighted by atomic mass is 10.3. The van der Waals surface area contributed by atoms with Crippen molar-refractivity contribution in [2.24, 2.45) is 0 Å². The number of benzene rings is 1. The minimum absolute atomic E-state index is 0.00744. The SMILES string of the molecule is CCCN(CC(=O)O)S(=O)(=O)c1cc(Cl)ccc1OC(F)F. The molecule has 0 bridgehead atoms. The molecule has 1 N–H and O–H groups in total. The number of hydrogen-bond acceptors (Lipinski definition) is 4. The van der Waals surface area contributed by atoms with Gasteiger partial charge in [0.25, 0.3) is 0 Å². The maximum Gasteiger partial charge on any atom is 0.387 e. The summed E-state index contributed by atoms with van der Waals surface area (Å²) in [5.74, 6) is -1.96. The lowest BCUT2D eigenvalue weighted by Gasteiger charge is -2.21. The van der Waals surface area contributed by atoms with Gasteiger partial charge < -0.3 is 9.84 Å². The Morgan fingerprint density at radius 2 is 2.09 bits per heavy atom. The molecule has 0 radical (unpaired) electrons. The zero-order valence-electron chi connectivity index (χ0n) is 11.5. The van der Waals surface area contributed by atoms with E-state index in [4.69, 9.17) is 16.7 Å². The molecule has 0 saturated heterocycles. The first-order valence-electron chi connectivity index (χ1n) is 6.14. The van der Waals surface area contributed by atoms with Gasteiger partial charge in [-0.25, -0.2) is 8.42 Å². The highest BCUT2D eigenvalue weighted by atomic mass is 35.5. The van der Waals surface area contributed by atoms with Gasteiger partial charge in [-0.15, -0.1) is 0 Å². The third kappa shape index (κ3) is 4.79. The average Bonchev–Trinajstić information content (AvgIpc) is 2.39. The summed E-state index contributed by atoms with van der Waals surface area (Å²) in [5, 5.41) is 8.80. The highest BCUT2D eigenvalue weighted by Crippen LogP contribution is 2.31. The minimum atomic E-state index is -4.35. The number of carbonyl (C=O) groups is 1. The van der Waals surface area contributed by atoms with E-state index in [1.165, 1.54) is 6.07 Å². The molecule has 1 aromatic rings. The van der Waals surface area contributed by atoms with Gasteiger partial charge in [-0.1, -0.05) is 18.5 Å². The number of halogens is 3. The van der Waals surface area contributed by atoms with E-state index in [-0.39, 0.29) is 11.6 Å². The number of carboxylic acid groups (broad SMARTS) is 1. The number of hydrogen-bond donors (Lipinski definition) is 1. The maximum absolute atomic E-state index is 12.5. The average molecular weight is 358 g/mol. The van der Waals surface area contributed by atoms with Crippen molar-refractivity contribution < 1.29 is 31.8 Å². The molecule has 1 rings (SSSR count). The van der Waals surface area contributed by atoms with Crippen LogP contribution in [0.25, 0.3) is 0 Å². The molecular formula is C12H14ClF2NO5S. The Labute approximate surface area is 131 Å². The Bertz CT molecular complexity index is 638. The molecule has 0 aromatic heterocycles.